The van der Waals surface area contributed by atoms with Gasteiger partial charge >= 0.3 is 0 Å². The number of rotatable bonds is 7. The summed E-state index contributed by atoms with van der Waals surface area (Å²) in [5.74, 6) is 0.911. The Morgan fingerprint density at radius 3 is 2.45 bits per heavy atom. The molecule has 4 heteroatoms. The minimum atomic E-state index is 0.145. The van der Waals surface area contributed by atoms with Crippen LogP contribution >= 0.6 is 0 Å². The molecule has 0 radical (unpaired) electrons. The predicted molar refractivity (Wildman–Crippen MR) is 84.5 cm³/mol. The lowest BCUT2D eigenvalue weighted by Gasteiger charge is -2.26. The Labute approximate surface area is 124 Å². The SMILES string of the molecule is CC(C)C(C)C(=O)N1CCCN(CCCCCN)CC1. The number of unbranched alkanes of at least 4 members (excludes halogenated alkanes) is 2. The van der Waals surface area contributed by atoms with Crippen LogP contribution in [0.1, 0.15) is 46.5 Å². The molecule has 2 N–H and O–H groups in total. The summed E-state index contributed by atoms with van der Waals surface area (Å²) in [4.78, 5) is 17.0. The first-order valence-electron chi connectivity index (χ1n) is 8.27. The highest BCUT2D eigenvalue weighted by Gasteiger charge is 2.24. The molecule has 1 unspecified atom stereocenters. The van der Waals surface area contributed by atoms with Crippen LogP contribution in [0.2, 0.25) is 0 Å². The van der Waals surface area contributed by atoms with Gasteiger partial charge in [0.25, 0.3) is 0 Å². The third kappa shape index (κ3) is 5.80. The number of carbonyl (C=O) groups is 1. The molecule has 0 bridgehead atoms. The van der Waals surface area contributed by atoms with Crippen molar-refractivity contribution in [2.45, 2.75) is 46.5 Å². The van der Waals surface area contributed by atoms with Gasteiger partial charge < -0.3 is 15.5 Å². The van der Waals surface area contributed by atoms with Gasteiger partial charge in [-0.3, -0.25) is 4.79 Å². The van der Waals surface area contributed by atoms with Gasteiger partial charge in [-0.15, -0.1) is 0 Å². The molecule has 1 atom stereocenters. The second-order valence-electron chi connectivity index (χ2n) is 6.40. The van der Waals surface area contributed by atoms with Gasteiger partial charge in [-0.25, -0.2) is 0 Å². The van der Waals surface area contributed by atoms with Crippen LogP contribution in [0.5, 0.6) is 0 Å². The molecule has 1 fully saturated rings. The van der Waals surface area contributed by atoms with E-state index in [4.69, 9.17) is 5.73 Å². The maximum Gasteiger partial charge on any atom is 0.225 e. The molecule has 0 aromatic rings. The lowest BCUT2D eigenvalue weighted by atomic mass is 9.96. The Bertz CT molecular complexity index is 281. The molecule has 0 spiro atoms. The fraction of sp³-hybridized carbons (Fsp3) is 0.938. The van der Waals surface area contributed by atoms with Crippen molar-refractivity contribution in [3.8, 4) is 0 Å². The first-order chi connectivity index (χ1) is 9.56. The van der Waals surface area contributed by atoms with Gasteiger partial charge in [0.2, 0.25) is 5.91 Å². The van der Waals surface area contributed by atoms with Crippen LogP contribution in [-0.4, -0.2) is 55.0 Å². The monoisotopic (exact) mass is 283 g/mol. The second kappa shape index (κ2) is 9.35. The van der Waals surface area contributed by atoms with E-state index in [0.29, 0.717) is 11.8 Å². The number of nitrogens with two attached hydrogens (primary N) is 1. The van der Waals surface area contributed by atoms with E-state index in [-0.39, 0.29) is 5.92 Å². The van der Waals surface area contributed by atoms with Crippen molar-refractivity contribution in [3.63, 3.8) is 0 Å². The maximum atomic E-state index is 12.4. The summed E-state index contributed by atoms with van der Waals surface area (Å²) in [6.07, 6.45) is 4.69. The molecule has 1 amide bonds. The van der Waals surface area contributed by atoms with Crippen LogP contribution in [0.4, 0.5) is 0 Å². The zero-order chi connectivity index (χ0) is 15.0. The minimum Gasteiger partial charge on any atom is -0.341 e. The highest BCUT2D eigenvalue weighted by molar-refractivity contribution is 5.78. The van der Waals surface area contributed by atoms with Crippen molar-refractivity contribution in [2.24, 2.45) is 17.6 Å². The Morgan fingerprint density at radius 2 is 1.80 bits per heavy atom. The molecule has 0 aromatic carbocycles. The van der Waals surface area contributed by atoms with Crippen molar-refractivity contribution >= 4 is 5.91 Å². The highest BCUT2D eigenvalue weighted by Crippen LogP contribution is 2.15. The van der Waals surface area contributed by atoms with Crippen molar-refractivity contribution in [1.29, 1.82) is 0 Å². The van der Waals surface area contributed by atoms with E-state index in [1.54, 1.807) is 0 Å². The average molecular weight is 283 g/mol. The molecule has 0 saturated carbocycles. The van der Waals surface area contributed by atoms with Crippen molar-refractivity contribution in [2.75, 3.05) is 39.3 Å². The van der Waals surface area contributed by atoms with Gasteiger partial charge in [-0.05, 0) is 44.8 Å². The summed E-state index contributed by atoms with van der Waals surface area (Å²) < 4.78 is 0. The molecule has 1 heterocycles. The number of carbonyl (C=O) groups excluding carboxylic acids is 1. The Hall–Kier alpha value is -0.610. The van der Waals surface area contributed by atoms with E-state index >= 15 is 0 Å². The Morgan fingerprint density at radius 1 is 1.05 bits per heavy atom. The summed E-state index contributed by atoms with van der Waals surface area (Å²) in [6, 6.07) is 0. The molecule has 1 rings (SSSR count). The van der Waals surface area contributed by atoms with Gasteiger partial charge in [0.15, 0.2) is 0 Å². The summed E-state index contributed by atoms with van der Waals surface area (Å²) in [5.41, 5.74) is 5.52. The van der Waals surface area contributed by atoms with E-state index in [2.05, 4.69) is 30.6 Å². The van der Waals surface area contributed by atoms with Crippen LogP contribution in [-0.2, 0) is 4.79 Å². The summed E-state index contributed by atoms with van der Waals surface area (Å²) in [5, 5.41) is 0. The van der Waals surface area contributed by atoms with E-state index in [9.17, 15) is 4.79 Å². The average Bonchev–Trinajstić information content (AvgIpc) is 2.67. The number of nitrogens with zero attached hydrogens (tertiary/aromatic N) is 2. The van der Waals surface area contributed by atoms with E-state index in [0.717, 1.165) is 52.1 Å². The number of hydrogen-bond acceptors (Lipinski definition) is 3. The lowest BCUT2D eigenvalue weighted by Crippen LogP contribution is -2.39. The summed E-state index contributed by atoms with van der Waals surface area (Å²) >= 11 is 0. The zero-order valence-corrected chi connectivity index (χ0v) is 13.6. The van der Waals surface area contributed by atoms with Crippen LogP contribution in [0.3, 0.4) is 0 Å². The molecule has 20 heavy (non-hydrogen) atoms. The molecule has 1 aliphatic heterocycles. The smallest absolute Gasteiger partial charge is 0.225 e. The molecular formula is C16H33N3O. The van der Waals surface area contributed by atoms with E-state index < -0.39 is 0 Å². The van der Waals surface area contributed by atoms with Gasteiger partial charge in [-0.2, -0.15) is 0 Å². The quantitative estimate of drug-likeness (QED) is 0.727. The molecular weight excluding hydrogens is 250 g/mol. The Kier molecular flexibility index (Phi) is 8.15. The van der Waals surface area contributed by atoms with Crippen LogP contribution in [0.25, 0.3) is 0 Å². The number of amides is 1. The van der Waals surface area contributed by atoms with Crippen molar-refractivity contribution in [3.05, 3.63) is 0 Å². The normalized spacial score (nSPS) is 19.1. The third-order valence-corrected chi connectivity index (χ3v) is 4.47. The first kappa shape index (κ1) is 17.4. The van der Waals surface area contributed by atoms with Gasteiger partial charge in [0, 0.05) is 25.6 Å². The maximum absolute atomic E-state index is 12.4. The topological polar surface area (TPSA) is 49.6 Å². The summed E-state index contributed by atoms with van der Waals surface area (Å²) in [7, 11) is 0. The fourth-order valence-corrected chi connectivity index (χ4v) is 2.64. The van der Waals surface area contributed by atoms with Crippen molar-refractivity contribution in [1.82, 2.24) is 9.80 Å². The number of hydrogen-bond donors (Lipinski definition) is 1. The van der Waals surface area contributed by atoms with Crippen LogP contribution in [0.15, 0.2) is 0 Å². The fourth-order valence-electron chi connectivity index (χ4n) is 2.64. The third-order valence-electron chi connectivity index (χ3n) is 4.47. The molecule has 4 nitrogen and oxygen atoms in total. The predicted octanol–water partition coefficient (Wildman–Crippen LogP) is 1.94. The molecule has 1 aliphatic rings. The van der Waals surface area contributed by atoms with Crippen molar-refractivity contribution < 1.29 is 4.79 Å². The summed E-state index contributed by atoms with van der Waals surface area (Å²) in [6.45, 7) is 12.2. The first-order valence-corrected chi connectivity index (χ1v) is 8.27. The minimum absolute atomic E-state index is 0.145. The molecule has 1 saturated heterocycles. The van der Waals surface area contributed by atoms with Crippen LogP contribution in [0, 0.1) is 11.8 Å². The lowest BCUT2D eigenvalue weighted by molar-refractivity contribution is -0.136. The molecule has 0 aliphatic carbocycles. The zero-order valence-electron chi connectivity index (χ0n) is 13.6. The molecule has 0 aromatic heterocycles. The van der Waals surface area contributed by atoms with Crippen LogP contribution < -0.4 is 5.73 Å². The van der Waals surface area contributed by atoms with Gasteiger partial charge in [-0.1, -0.05) is 27.2 Å². The second-order valence-corrected chi connectivity index (χ2v) is 6.40. The molecule has 118 valence electrons. The Balaban J connectivity index is 2.33. The van der Waals surface area contributed by atoms with Gasteiger partial charge in [0.05, 0.1) is 0 Å². The van der Waals surface area contributed by atoms with E-state index in [1.807, 2.05) is 0 Å². The van der Waals surface area contributed by atoms with Gasteiger partial charge in [0.1, 0.15) is 0 Å². The van der Waals surface area contributed by atoms with E-state index in [1.165, 1.54) is 12.8 Å². The largest absolute Gasteiger partial charge is 0.341 e. The standard InChI is InChI=1S/C16H33N3O/c1-14(2)15(3)16(20)19-11-7-10-18(12-13-19)9-6-4-5-8-17/h14-15H,4-13,17H2,1-3H3. The highest BCUT2D eigenvalue weighted by atomic mass is 16.2.